The molecule has 0 unspecified atom stereocenters. The molecule has 1 atom stereocenters. The molecule has 0 bridgehead atoms. The molecule has 3 nitrogen and oxygen atoms in total. The maximum Gasteiger partial charge on any atom is 0.300 e. The van der Waals surface area contributed by atoms with Crippen molar-refractivity contribution in [2.45, 2.75) is 33.3 Å². The number of rotatable bonds is 3. The van der Waals surface area contributed by atoms with E-state index in [1.807, 2.05) is 0 Å². The minimum Gasteiger partial charge on any atom is -0.481 e. The number of alkyl halides is 1. The molecule has 2 N–H and O–H groups in total. The minimum absolute atomic E-state index is 0.157. The van der Waals surface area contributed by atoms with Crippen molar-refractivity contribution >= 4 is 21.9 Å². The lowest BCUT2D eigenvalue weighted by molar-refractivity contribution is -0.134. The van der Waals surface area contributed by atoms with Gasteiger partial charge in [0.05, 0.1) is 6.10 Å². The number of aliphatic carboxylic acids is 1. The van der Waals surface area contributed by atoms with Gasteiger partial charge in [0.25, 0.3) is 5.97 Å². The van der Waals surface area contributed by atoms with E-state index in [0.717, 1.165) is 13.3 Å². The fourth-order valence-corrected chi connectivity index (χ4v) is 0.871. The summed E-state index contributed by atoms with van der Waals surface area (Å²) in [6.07, 6.45) is 0.737. The van der Waals surface area contributed by atoms with E-state index in [1.54, 1.807) is 0 Å². The van der Waals surface area contributed by atoms with Crippen molar-refractivity contribution in [3.05, 3.63) is 0 Å². The van der Waals surface area contributed by atoms with Crippen LogP contribution < -0.4 is 0 Å². The van der Waals surface area contributed by atoms with Gasteiger partial charge in [-0.25, -0.2) is 0 Å². The number of hydrogen-bond donors (Lipinski definition) is 2. The summed E-state index contributed by atoms with van der Waals surface area (Å²) in [5, 5.41) is 17.1. The summed E-state index contributed by atoms with van der Waals surface area (Å²) in [6.45, 7) is 5.29. The second-order valence-corrected chi connectivity index (χ2v) is 3.60. The number of aliphatic hydroxyl groups excluding tert-OH is 1. The van der Waals surface area contributed by atoms with Gasteiger partial charge in [0.1, 0.15) is 0 Å². The number of carboxylic acids is 1. The van der Waals surface area contributed by atoms with E-state index < -0.39 is 5.97 Å². The highest BCUT2D eigenvalue weighted by Crippen LogP contribution is 2.05. The maximum absolute atomic E-state index is 9.00. The Morgan fingerprint density at radius 3 is 1.92 bits per heavy atom. The van der Waals surface area contributed by atoms with Crippen molar-refractivity contribution < 1.29 is 15.0 Å². The third-order valence-electron chi connectivity index (χ3n) is 0.922. The van der Waals surface area contributed by atoms with Crippen LogP contribution in [0.25, 0.3) is 0 Å². The summed E-state index contributed by atoms with van der Waals surface area (Å²) in [5.41, 5.74) is 0. The Hall–Kier alpha value is -0.0900. The molecule has 4 heteroatoms. The first-order chi connectivity index (χ1) is 5.40. The predicted molar refractivity (Wildman–Crippen MR) is 52.6 cm³/mol. The van der Waals surface area contributed by atoms with Crippen LogP contribution in [0.4, 0.5) is 0 Å². The Morgan fingerprint density at radius 2 is 1.83 bits per heavy atom. The lowest BCUT2D eigenvalue weighted by atomic mass is 10.1. The Balaban J connectivity index is 0. The van der Waals surface area contributed by atoms with Gasteiger partial charge in [-0.1, -0.05) is 29.8 Å². The molecule has 0 heterocycles. The molecule has 0 aliphatic carbocycles. The molecular formula is C8H17BrO3. The molecular weight excluding hydrogens is 224 g/mol. The molecule has 0 fully saturated rings. The lowest BCUT2D eigenvalue weighted by Gasteiger charge is -2.07. The molecule has 0 aromatic carbocycles. The van der Waals surface area contributed by atoms with Gasteiger partial charge in [0, 0.05) is 12.3 Å². The maximum atomic E-state index is 9.00. The average molecular weight is 241 g/mol. The van der Waals surface area contributed by atoms with Gasteiger partial charge in [-0.2, -0.15) is 0 Å². The largest absolute Gasteiger partial charge is 0.481 e. The van der Waals surface area contributed by atoms with E-state index in [1.165, 1.54) is 0 Å². The van der Waals surface area contributed by atoms with E-state index in [2.05, 4.69) is 29.8 Å². The standard InChI is InChI=1S/C6H13BrO.C2H4O2/c1-5(2)3-6(8)4-7;1-2(3)4/h5-6,8H,3-4H2,1-2H3;1H3,(H,3,4)/t6-;/m0./s1. The van der Waals surface area contributed by atoms with Gasteiger partial charge in [-0.3, -0.25) is 4.79 Å². The van der Waals surface area contributed by atoms with Crippen molar-refractivity contribution in [3.8, 4) is 0 Å². The zero-order chi connectivity index (χ0) is 10.1. The Kier molecular flexibility index (Phi) is 10.8. The second kappa shape index (κ2) is 9.00. The summed E-state index contributed by atoms with van der Waals surface area (Å²) in [4.78, 5) is 9.00. The highest BCUT2D eigenvalue weighted by molar-refractivity contribution is 9.09. The van der Waals surface area contributed by atoms with Crippen molar-refractivity contribution in [1.82, 2.24) is 0 Å². The summed E-state index contributed by atoms with van der Waals surface area (Å²) in [6, 6.07) is 0. The molecule has 0 rings (SSSR count). The second-order valence-electron chi connectivity index (χ2n) is 2.96. The highest BCUT2D eigenvalue weighted by atomic mass is 79.9. The van der Waals surface area contributed by atoms with Crippen LogP contribution >= 0.6 is 15.9 Å². The van der Waals surface area contributed by atoms with Gasteiger partial charge in [0.2, 0.25) is 0 Å². The van der Waals surface area contributed by atoms with Crippen LogP contribution in [0.1, 0.15) is 27.2 Å². The van der Waals surface area contributed by atoms with Gasteiger partial charge in [0.15, 0.2) is 0 Å². The van der Waals surface area contributed by atoms with E-state index in [0.29, 0.717) is 11.2 Å². The number of hydrogen-bond acceptors (Lipinski definition) is 2. The number of carbonyl (C=O) groups is 1. The first-order valence-electron chi connectivity index (χ1n) is 3.83. The lowest BCUT2D eigenvalue weighted by Crippen LogP contribution is -2.10. The average Bonchev–Trinajstić information content (AvgIpc) is 1.84. The van der Waals surface area contributed by atoms with Gasteiger partial charge in [-0.05, 0) is 12.3 Å². The topological polar surface area (TPSA) is 57.5 Å². The van der Waals surface area contributed by atoms with E-state index in [-0.39, 0.29) is 6.10 Å². The molecule has 74 valence electrons. The summed E-state index contributed by atoms with van der Waals surface area (Å²) in [5.74, 6) is -0.234. The Labute approximate surface area is 81.9 Å². The zero-order valence-electron chi connectivity index (χ0n) is 7.75. The number of aliphatic hydroxyl groups is 1. The van der Waals surface area contributed by atoms with Crippen LogP contribution in [0, 0.1) is 5.92 Å². The quantitative estimate of drug-likeness (QED) is 0.741. The molecule has 0 spiro atoms. The van der Waals surface area contributed by atoms with Gasteiger partial charge in [-0.15, -0.1) is 0 Å². The van der Waals surface area contributed by atoms with Crippen LogP contribution in [0.3, 0.4) is 0 Å². The van der Waals surface area contributed by atoms with Crippen LogP contribution in [-0.2, 0) is 4.79 Å². The number of halogens is 1. The van der Waals surface area contributed by atoms with Crippen LogP contribution in [0.15, 0.2) is 0 Å². The van der Waals surface area contributed by atoms with Crippen LogP contribution in [0.2, 0.25) is 0 Å². The summed E-state index contributed by atoms with van der Waals surface area (Å²) < 4.78 is 0. The third-order valence-corrected chi connectivity index (χ3v) is 1.67. The smallest absolute Gasteiger partial charge is 0.300 e. The first kappa shape index (κ1) is 14.4. The van der Waals surface area contributed by atoms with Gasteiger partial charge >= 0.3 is 0 Å². The normalized spacial score (nSPS) is 11.8. The Bertz CT molecular complexity index is 111. The summed E-state index contributed by atoms with van der Waals surface area (Å²) >= 11 is 3.19. The minimum atomic E-state index is -0.833. The molecule has 0 amide bonds. The fraction of sp³-hybridized carbons (Fsp3) is 0.875. The van der Waals surface area contributed by atoms with Crippen LogP contribution in [0.5, 0.6) is 0 Å². The molecule has 0 radical (unpaired) electrons. The Morgan fingerprint density at radius 1 is 1.50 bits per heavy atom. The monoisotopic (exact) mass is 240 g/mol. The first-order valence-corrected chi connectivity index (χ1v) is 4.95. The molecule has 0 aliphatic rings. The molecule has 0 aliphatic heterocycles. The van der Waals surface area contributed by atoms with Gasteiger partial charge < -0.3 is 10.2 Å². The SMILES string of the molecule is CC(=O)O.CC(C)C[C@H](O)CBr. The number of carboxylic acid groups (broad SMARTS) is 1. The molecule has 0 aromatic heterocycles. The predicted octanol–water partition coefficient (Wildman–Crippen LogP) is 1.88. The summed E-state index contributed by atoms with van der Waals surface area (Å²) in [7, 11) is 0. The van der Waals surface area contributed by atoms with E-state index in [4.69, 9.17) is 15.0 Å². The highest BCUT2D eigenvalue weighted by Gasteiger charge is 2.02. The van der Waals surface area contributed by atoms with Crippen molar-refractivity contribution in [2.75, 3.05) is 5.33 Å². The molecule has 0 saturated carbocycles. The van der Waals surface area contributed by atoms with Crippen LogP contribution in [-0.4, -0.2) is 27.6 Å². The van der Waals surface area contributed by atoms with E-state index in [9.17, 15) is 0 Å². The van der Waals surface area contributed by atoms with Crippen molar-refractivity contribution in [3.63, 3.8) is 0 Å². The van der Waals surface area contributed by atoms with Crippen molar-refractivity contribution in [1.29, 1.82) is 0 Å². The third kappa shape index (κ3) is 22.5. The van der Waals surface area contributed by atoms with E-state index >= 15 is 0 Å². The molecule has 0 aromatic rings. The fourth-order valence-electron chi connectivity index (χ4n) is 0.607. The van der Waals surface area contributed by atoms with Crippen molar-refractivity contribution in [2.24, 2.45) is 5.92 Å². The zero-order valence-corrected chi connectivity index (χ0v) is 9.34. The molecule has 0 saturated heterocycles. The molecule has 12 heavy (non-hydrogen) atoms.